The molecule has 0 amide bonds. The Balaban J connectivity index is 0. The SMILES string of the molecule is [Cl-].[Mg+2].[c-]1cccnc1. The van der Waals surface area contributed by atoms with E-state index in [1.807, 2.05) is 12.1 Å². The average molecular weight is 138 g/mol. The number of aromatic nitrogens is 1. The largest absolute Gasteiger partial charge is 2.00 e. The third-order valence-electron chi connectivity index (χ3n) is 0.514. The molecule has 0 aliphatic heterocycles. The number of rotatable bonds is 0. The maximum atomic E-state index is 3.73. The van der Waals surface area contributed by atoms with Crippen LogP contribution < -0.4 is 12.4 Å². The molecule has 0 spiro atoms. The van der Waals surface area contributed by atoms with E-state index in [1.165, 1.54) is 0 Å². The van der Waals surface area contributed by atoms with Crippen LogP contribution in [0.2, 0.25) is 0 Å². The van der Waals surface area contributed by atoms with Crippen LogP contribution in [0.5, 0.6) is 0 Å². The molecule has 1 nitrogen and oxygen atoms in total. The van der Waals surface area contributed by atoms with E-state index in [2.05, 4.69) is 11.1 Å². The molecule has 1 rings (SSSR count). The van der Waals surface area contributed by atoms with Gasteiger partial charge in [0.25, 0.3) is 0 Å². The Morgan fingerprint density at radius 3 is 2.25 bits per heavy atom. The number of hydrogen-bond acceptors (Lipinski definition) is 1. The van der Waals surface area contributed by atoms with Crippen molar-refractivity contribution in [2.75, 3.05) is 0 Å². The van der Waals surface area contributed by atoms with Crippen LogP contribution in [-0.2, 0) is 0 Å². The molecule has 0 aliphatic rings. The molecular formula is C5H4ClMgN. The Labute approximate surface area is 71.1 Å². The summed E-state index contributed by atoms with van der Waals surface area (Å²) < 4.78 is 0. The van der Waals surface area contributed by atoms with Gasteiger partial charge in [-0.25, -0.2) is 12.1 Å². The standard InChI is InChI=1S/C5H4N.ClH.Mg/c1-2-4-6-5-3-1;;/h1-2,4-5H;1H;/q-1;;+2/p-1. The van der Waals surface area contributed by atoms with Crippen molar-refractivity contribution >= 4 is 23.1 Å². The van der Waals surface area contributed by atoms with Crippen molar-refractivity contribution in [2.24, 2.45) is 0 Å². The summed E-state index contributed by atoms with van der Waals surface area (Å²) in [6, 6.07) is 6.43. The monoisotopic (exact) mass is 137 g/mol. The van der Waals surface area contributed by atoms with Crippen molar-refractivity contribution in [1.29, 1.82) is 0 Å². The summed E-state index contributed by atoms with van der Waals surface area (Å²) >= 11 is 0. The topological polar surface area (TPSA) is 12.9 Å². The van der Waals surface area contributed by atoms with Crippen LogP contribution in [-0.4, -0.2) is 28.0 Å². The molecule has 0 radical (unpaired) electrons. The van der Waals surface area contributed by atoms with Crippen molar-refractivity contribution in [3.63, 3.8) is 0 Å². The third-order valence-corrected chi connectivity index (χ3v) is 0.514. The second kappa shape index (κ2) is 7.21. The zero-order valence-corrected chi connectivity index (χ0v) is 6.51. The molecule has 1 aromatic rings. The molecule has 38 valence electrons. The van der Waals surface area contributed by atoms with E-state index in [1.54, 1.807) is 12.4 Å². The molecule has 0 bridgehead atoms. The van der Waals surface area contributed by atoms with E-state index >= 15 is 0 Å². The van der Waals surface area contributed by atoms with E-state index in [-0.39, 0.29) is 35.5 Å². The number of nitrogens with zero attached hydrogens (tertiary/aromatic N) is 1. The van der Waals surface area contributed by atoms with E-state index in [0.29, 0.717) is 0 Å². The van der Waals surface area contributed by atoms with Crippen molar-refractivity contribution in [3.8, 4) is 0 Å². The fourth-order valence-corrected chi connectivity index (χ4v) is 0.277. The molecule has 0 N–H and O–H groups in total. The van der Waals surface area contributed by atoms with Crippen molar-refractivity contribution < 1.29 is 12.4 Å². The normalized spacial score (nSPS) is 6.00. The molecule has 8 heavy (non-hydrogen) atoms. The minimum Gasteiger partial charge on any atom is -1.00 e. The molecule has 1 heterocycles. The summed E-state index contributed by atoms with van der Waals surface area (Å²) in [5.74, 6) is 0. The molecule has 0 fully saturated rings. The van der Waals surface area contributed by atoms with Crippen LogP contribution in [0.1, 0.15) is 0 Å². The van der Waals surface area contributed by atoms with Gasteiger partial charge in [-0.15, -0.1) is 0 Å². The second-order valence-corrected chi connectivity index (χ2v) is 0.953. The van der Waals surface area contributed by atoms with Gasteiger partial charge in [-0.1, -0.05) is 12.4 Å². The van der Waals surface area contributed by atoms with E-state index in [4.69, 9.17) is 0 Å². The molecule has 3 heteroatoms. The number of pyridine rings is 1. The van der Waals surface area contributed by atoms with Gasteiger partial charge in [0.1, 0.15) is 0 Å². The predicted octanol–water partition coefficient (Wildman–Crippen LogP) is -2.50. The maximum Gasteiger partial charge on any atom is 2.00 e. The summed E-state index contributed by atoms with van der Waals surface area (Å²) in [5, 5.41) is 0. The molecule has 1 aromatic heterocycles. The van der Waals surface area contributed by atoms with Gasteiger partial charge in [-0.3, -0.25) is 0 Å². The Bertz CT molecular complexity index is 84.4. The van der Waals surface area contributed by atoms with Gasteiger partial charge < -0.3 is 17.4 Å². The third kappa shape index (κ3) is 4.37. The van der Waals surface area contributed by atoms with Crippen LogP contribution >= 0.6 is 0 Å². The maximum absolute atomic E-state index is 3.73. The van der Waals surface area contributed by atoms with E-state index in [9.17, 15) is 0 Å². The Hall–Kier alpha value is 0.206. The predicted molar refractivity (Wildman–Crippen MR) is 28.8 cm³/mol. The van der Waals surface area contributed by atoms with Crippen LogP contribution in [0.3, 0.4) is 0 Å². The molecule has 0 unspecified atom stereocenters. The summed E-state index contributed by atoms with van der Waals surface area (Å²) in [7, 11) is 0. The zero-order chi connectivity index (χ0) is 4.24. The summed E-state index contributed by atoms with van der Waals surface area (Å²) in [6.07, 6.45) is 3.34. The van der Waals surface area contributed by atoms with E-state index < -0.39 is 0 Å². The summed E-state index contributed by atoms with van der Waals surface area (Å²) in [6.45, 7) is 0. The summed E-state index contributed by atoms with van der Waals surface area (Å²) in [4.78, 5) is 3.73. The van der Waals surface area contributed by atoms with Crippen molar-refractivity contribution in [1.82, 2.24) is 4.98 Å². The fraction of sp³-hybridized carbons (Fsp3) is 0. The molecule has 0 saturated heterocycles. The van der Waals surface area contributed by atoms with Gasteiger partial charge in [0.2, 0.25) is 0 Å². The van der Waals surface area contributed by atoms with Gasteiger partial charge in [0.05, 0.1) is 0 Å². The zero-order valence-electron chi connectivity index (χ0n) is 4.34. The van der Waals surface area contributed by atoms with Crippen LogP contribution in [0.25, 0.3) is 0 Å². The molecule has 0 atom stereocenters. The Morgan fingerprint density at radius 1 is 1.38 bits per heavy atom. The first kappa shape index (κ1) is 11.1. The first-order valence-electron chi connectivity index (χ1n) is 1.76. The van der Waals surface area contributed by atoms with Crippen LogP contribution in [0.4, 0.5) is 0 Å². The summed E-state index contributed by atoms with van der Waals surface area (Å²) in [5.41, 5.74) is 0. The van der Waals surface area contributed by atoms with Crippen molar-refractivity contribution in [2.45, 2.75) is 0 Å². The van der Waals surface area contributed by atoms with Gasteiger partial charge >= 0.3 is 23.1 Å². The average Bonchev–Trinajstić information content (AvgIpc) is 1.72. The molecule has 0 aliphatic carbocycles. The Kier molecular flexibility index (Phi) is 9.97. The molecule has 0 saturated carbocycles. The van der Waals surface area contributed by atoms with E-state index in [0.717, 1.165) is 0 Å². The quantitative estimate of drug-likeness (QED) is 0.285. The van der Waals surface area contributed by atoms with Gasteiger partial charge in [0.15, 0.2) is 0 Å². The Morgan fingerprint density at radius 2 is 2.12 bits per heavy atom. The van der Waals surface area contributed by atoms with Gasteiger partial charge in [-0.2, -0.15) is 6.07 Å². The van der Waals surface area contributed by atoms with Crippen molar-refractivity contribution in [3.05, 3.63) is 30.6 Å². The minimum absolute atomic E-state index is 0. The second-order valence-electron chi connectivity index (χ2n) is 0.953. The molecular weight excluding hydrogens is 134 g/mol. The first-order chi connectivity index (χ1) is 3.00. The smallest absolute Gasteiger partial charge is 1.00 e. The van der Waals surface area contributed by atoms with Crippen LogP contribution in [0.15, 0.2) is 24.5 Å². The molecule has 0 aromatic carbocycles. The fourth-order valence-electron chi connectivity index (χ4n) is 0.277. The van der Waals surface area contributed by atoms with Crippen LogP contribution in [0, 0.1) is 6.07 Å². The van der Waals surface area contributed by atoms with Gasteiger partial charge in [-0.05, 0) is 0 Å². The van der Waals surface area contributed by atoms with Gasteiger partial charge in [0, 0.05) is 0 Å². The number of halogens is 1. The number of hydrogen-bond donors (Lipinski definition) is 0. The minimum atomic E-state index is 0. The first-order valence-corrected chi connectivity index (χ1v) is 1.76.